The number of hydrogen-bond acceptors (Lipinski definition) is 4. The maximum absolute atomic E-state index is 13.1. The Bertz CT molecular complexity index is 826. The Morgan fingerprint density at radius 2 is 1.92 bits per heavy atom. The third-order valence-electron chi connectivity index (χ3n) is 6.24. The van der Waals surface area contributed by atoms with Crippen molar-refractivity contribution in [1.29, 1.82) is 0 Å². The smallest absolute Gasteiger partial charge is 0.328 e. The monoisotopic (exact) mass is 346 g/mol. The van der Waals surface area contributed by atoms with Crippen molar-refractivity contribution < 1.29 is 17.9 Å². The molecule has 128 valence electrons. The van der Waals surface area contributed by atoms with Gasteiger partial charge < -0.3 is 4.74 Å². The van der Waals surface area contributed by atoms with Gasteiger partial charge >= 0.3 is 5.97 Å². The molecule has 4 nitrogen and oxygen atoms in total. The van der Waals surface area contributed by atoms with Gasteiger partial charge in [0.25, 0.3) is 0 Å². The van der Waals surface area contributed by atoms with E-state index in [1.54, 1.807) is 30.3 Å². The highest BCUT2D eigenvalue weighted by Crippen LogP contribution is 2.66. The third kappa shape index (κ3) is 1.91. The second-order valence-electron chi connectivity index (χ2n) is 7.56. The van der Waals surface area contributed by atoms with Crippen LogP contribution in [0.3, 0.4) is 0 Å². The lowest BCUT2D eigenvalue weighted by Crippen LogP contribution is -2.38. The van der Waals surface area contributed by atoms with Gasteiger partial charge in [-0.1, -0.05) is 29.8 Å². The van der Waals surface area contributed by atoms with Crippen molar-refractivity contribution in [2.45, 2.75) is 54.8 Å². The van der Waals surface area contributed by atoms with E-state index >= 15 is 0 Å². The number of fused-ring (bicyclic) bond motifs is 1. The van der Waals surface area contributed by atoms with E-state index in [4.69, 9.17) is 4.74 Å². The lowest BCUT2D eigenvalue weighted by molar-refractivity contribution is -0.156. The second-order valence-corrected chi connectivity index (χ2v) is 9.76. The van der Waals surface area contributed by atoms with Crippen LogP contribution in [0, 0.1) is 11.8 Å². The topological polar surface area (TPSA) is 60.4 Å². The van der Waals surface area contributed by atoms with E-state index in [0.29, 0.717) is 6.42 Å². The first-order valence-corrected chi connectivity index (χ1v) is 9.99. The number of carbonyl (C=O) groups excluding carboxylic acids is 1. The molecular weight excluding hydrogens is 324 g/mol. The predicted octanol–water partition coefficient (Wildman–Crippen LogP) is 3.28. The summed E-state index contributed by atoms with van der Waals surface area (Å²) in [6.45, 7) is 4.05. The lowest BCUT2D eigenvalue weighted by Gasteiger charge is -2.36. The van der Waals surface area contributed by atoms with Gasteiger partial charge in [-0.3, -0.25) is 4.79 Å². The van der Waals surface area contributed by atoms with E-state index in [9.17, 15) is 13.2 Å². The quantitative estimate of drug-likeness (QED) is 0.622. The summed E-state index contributed by atoms with van der Waals surface area (Å²) in [7, 11) is -3.72. The summed E-state index contributed by atoms with van der Waals surface area (Å²) in [6, 6.07) is 8.28. The fourth-order valence-corrected chi connectivity index (χ4v) is 6.75. The normalized spacial score (nSPS) is 38.2. The molecule has 1 saturated heterocycles. The molecule has 0 bridgehead atoms. The Kier molecular flexibility index (Phi) is 3.27. The van der Waals surface area contributed by atoms with Crippen LogP contribution < -0.4 is 0 Å². The number of hydrogen-bond donors (Lipinski definition) is 0. The van der Waals surface area contributed by atoms with E-state index in [-0.39, 0.29) is 16.7 Å². The van der Waals surface area contributed by atoms with Gasteiger partial charge in [-0.15, -0.1) is 0 Å². The molecule has 1 heterocycles. The lowest BCUT2D eigenvalue weighted by atomic mass is 9.76. The number of carbonyl (C=O) groups is 1. The van der Waals surface area contributed by atoms with Gasteiger partial charge in [0, 0.05) is 11.8 Å². The van der Waals surface area contributed by atoms with E-state index in [0.717, 1.165) is 19.3 Å². The maximum atomic E-state index is 13.1. The summed E-state index contributed by atoms with van der Waals surface area (Å²) in [5, 5.41) is 0. The molecule has 4 atom stereocenters. The van der Waals surface area contributed by atoms with Crippen molar-refractivity contribution in [2.24, 2.45) is 11.8 Å². The molecule has 0 radical (unpaired) electrons. The zero-order valence-corrected chi connectivity index (χ0v) is 14.8. The van der Waals surface area contributed by atoms with Gasteiger partial charge in [0.1, 0.15) is 5.60 Å². The summed E-state index contributed by atoms with van der Waals surface area (Å²) >= 11 is 0. The van der Waals surface area contributed by atoms with Crippen LogP contribution in [0.15, 0.2) is 46.9 Å². The summed E-state index contributed by atoms with van der Waals surface area (Å²) < 4.78 is 30.6. The van der Waals surface area contributed by atoms with Crippen molar-refractivity contribution in [1.82, 2.24) is 0 Å². The van der Waals surface area contributed by atoms with Crippen molar-refractivity contribution >= 4 is 15.8 Å². The molecule has 4 rings (SSSR count). The Hall–Kier alpha value is -1.62. The molecule has 1 aromatic carbocycles. The molecule has 2 fully saturated rings. The summed E-state index contributed by atoms with van der Waals surface area (Å²) in [5.41, 5.74) is 0.689. The molecular formula is C19H22O4S. The minimum absolute atomic E-state index is 0.200. The molecule has 1 saturated carbocycles. The Balaban J connectivity index is 1.70. The highest BCUT2D eigenvalue weighted by atomic mass is 32.2. The number of sulfone groups is 1. The second kappa shape index (κ2) is 4.94. The number of esters is 1. The van der Waals surface area contributed by atoms with E-state index < -0.39 is 26.2 Å². The summed E-state index contributed by atoms with van der Waals surface area (Å²) in [4.78, 5) is 12.9. The van der Waals surface area contributed by atoms with Gasteiger partial charge in [-0.25, -0.2) is 8.42 Å². The molecule has 2 unspecified atom stereocenters. The molecule has 0 spiro atoms. The standard InChI is InChI=1S/C19H22O4S/c1-13-8-10-14(11-9-13)18(2)16-12-19(16,17(20)23-18)24(21,22)15-6-4-3-5-7-15/h3-8,14,16H,9-12H2,1-2H3/t14?,16?,18-,19+/m1/s1. The highest BCUT2D eigenvalue weighted by molar-refractivity contribution is 7.94. The SMILES string of the molecule is CC1=CCC([C@@]2(C)OC(=O)[C@]3(S(=O)(=O)c4ccccc4)CC23)CC1. The van der Waals surface area contributed by atoms with E-state index in [1.807, 2.05) is 6.92 Å². The number of cyclic esters (lactones) is 1. The fraction of sp³-hybridized carbons (Fsp3) is 0.526. The van der Waals surface area contributed by atoms with Crippen LogP contribution in [0.1, 0.15) is 39.5 Å². The average molecular weight is 346 g/mol. The zero-order valence-electron chi connectivity index (χ0n) is 14.0. The Morgan fingerprint density at radius 1 is 1.21 bits per heavy atom. The van der Waals surface area contributed by atoms with Crippen LogP contribution in [-0.2, 0) is 19.4 Å². The number of benzene rings is 1. The summed E-state index contributed by atoms with van der Waals surface area (Å²) in [6.07, 6.45) is 5.38. The third-order valence-corrected chi connectivity index (χ3v) is 8.71. The molecule has 0 amide bonds. The largest absolute Gasteiger partial charge is 0.457 e. The maximum Gasteiger partial charge on any atom is 0.328 e. The van der Waals surface area contributed by atoms with Crippen molar-refractivity contribution in [3.63, 3.8) is 0 Å². The number of ether oxygens (including phenoxy) is 1. The van der Waals surface area contributed by atoms with Gasteiger partial charge in [0.15, 0.2) is 14.6 Å². The minimum Gasteiger partial charge on any atom is -0.457 e. The predicted molar refractivity (Wildman–Crippen MR) is 90.1 cm³/mol. The molecule has 0 aromatic heterocycles. The van der Waals surface area contributed by atoms with Crippen LogP contribution in [-0.4, -0.2) is 24.7 Å². The van der Waals surface area contributed by atoms with E-state index in [2.05, 4.69) is 13.0 Å². The first-order chi connectivity index (χ1) is 11.3. The van der Waals surface area contributed by atoms with Crippen molar-refractivity contribution in [3.8, 4) is 0 Å². The van der Waals surface area contributed by atoms with Crippen molar-refractivity contribution in [3.05, 3.63) is 42.0 Å². The number of rotatable bonds is 3. The van der Waals surface area contributed by atoms with Gasteiger partial charge in [-0.05, 0) is 51.7 Å². The molecule has 2 aliphatic carbocycles. The van der Waals surface area contributed by atoms with Crippen LogP contribution in [0.4, 0.5) is 0 Å². The average Bonchev–Trinajstić information content (AvgIpc) is 3.30. The van der Waals surface area contributed by atoms with Gasteiger partial charge in [0.2, 0.25) is 0 Å². The molecule has 1 aromatic rings. The minimum atomic E-state index is -3.72. The van der Waals surface area contributed by atoms with E-state index in [1.165, 1.54) is 5.57 Å². The highest BCUT2D eigenvalue weighted by Gasteiger charge is 2.82. The van der Waals surface area contributed by atoms with Crippen LogP contribution in [0.5, 0.6) is 0 Å². The first-order valence-electron chi connectivity index (χ1n) is 8.51. The molecule has 24 heavy (non-hydrogen) atoms. The van der Waals surface area contributed by atoms with Crippen LogP contribution >= 0.6 is 0 Å². The summed E-state index contributed by atoms with van der Waals surface area (Å²) in [5.74, 6) is -0.588. The Morgan fingerprint density at radius 3 is 2.50 bits per heavy atom. The van der Waals surface area contributed by atoms with Crippen LogP contribution in [0.2, 0.25) is 0 Å². The molecule has 0 N–H and O–H groups in total. The molecule has 1 aliphatic heterocycles. The van der Waals surface area contributed by atoms with Gasteiger partial charge in [-0.2, -0.15) is 0 Å². The first kappa shape index (κ1) is 15.9. The van der Waals surface area contributed by atoms with Crippen LogP contribution in [0.25, 0.3) is 0 Å². The fourth-order valence-electron chi connectivity index (χ4n) is 4.56. The number of allylic oxidation sites excluding steroid dienone is 2. The molecule has 3 aliphatic rings. The van der Waals surface area contributed by atoms with Crippen molar-refractivity contribution in [2.75, 3.05) is 0 Å². The molecule has 5 heteroatoms. The zero-order chi connectivity index (χ0) is 17.2. The van der Waals surface area contributed by atoms with Gasteiger partial charge in [0.05, 0.1) is 4.90 Å². The Labute approximate surface area is 142 Å².